The Morgan fingerprint density at radius 3 is 2.43 bits per heavy atom. The maximum absolute atomic E-state index is 12.8. The van der Waals surface area contributed by atoms with E-state index in [-0.39, 0.29) is 29.8 Å². The summed E-state index contributed by atoms with van der Waals surface area (Å²) >= 11 is 8.58. The molecule has 7 nitrogen and oxygen atoms in total. The minimum atomic E-state index is -0.808. The maximum Gasteiger partial charge on any atom is 0.293 e. The van der Waals surface area contributed by atoms with Crippen molar-refractivity contribution in [3.8, 4) is 0 Å². The van der Waals surface area contributed by atoms with Gasteiger partial charge in [0.1, 0.15) is 6.04 Å². The monoisotopic (exact) mass is 531 g/mol. The molecule has 3 rings (SSSR count). The van der Waals surface area contributed by atoms with E-state index in [0.717, 1.165) is 27.1 Å². The second-order valence-electron chi connectivity index (χ2n) is 8.07. The summed E-state index contributed by atoms with van der Waals surface area (Å²) in [5, 5.41) is 5.34. The summed E-state index contributed by atoms with van der Waals surface area (Å²) < 4.78 is 0. The molecule has 10 heteroatoms. The summed E-state index contributed by atoms with van der Waals surface area (Å²) in [5.41, 5.74) is 1.11. The Morgan fingerprint density at radius 2 is 1.80 bits per heavy atom. The Kier molecular flexibility index (Phi) is 9.42. The van der Waals surface area contributed by atoms with E-state index < -0.39 is 23.8 Å². The van der Waals surface area contributed by atoms with E-state index in [9.17, 15) is 19.2 Å². The molecular formula is C25H26ClN3O4S2. The van der Waals surface area contributed by atoms with Crippen molar-refractivity contribution in [2.75, 3.05) is 19.3 Å². The van der Waals surface area contributed by atoms with Crippen molar-refractivity contribution in [3.05, 3.63) is 69.6 Å². The minimum Gasteiger partial charge on any atom is -0.353 e. The summed E-state index contributed by atoms with van der Waals surface area (Å²) in [5.74, 6) is -1.45. The van der Waals surface area contributed by atoms with Crippen LogP contribution in [0.4, 0.5) is 4.79 Å². The first kappa shape index (κ1) is 26.8. The fraction of sp³-hybridized carbons (Fsp3) is 0.280. The molecule has 1 fully saturated rings. The number of carbonyl (C=O) groups excluding carboxylic acids is 4. The van der Waals surface area contributed by atoms with Crippen molar-refractivity contribution in [3.63, 3.8) is 0 Å². The van der Waals surface area contributed by atoms with Gasteiger partial charge in [0.05, 0.1) is 15.5 Å². The number of rotatable bonds is 9. The first-order valence-corrected chi connectivity index (χ1v) is 13.4. The summed E-state index contributed by atoms with van der Waals surface area (Å²) in [6, 6.07) is 13.5. The highest BCUT2D eigenvalue weighted by Crippen LogP contribution is 2.32. The number of halogens is 1. The SMILES string of the molecule is CSc1ccc(/C=C2/SC(=O)N(CCNC(=O)[C@@H](NC(=O)c3ccccc3Cl)C(C)C)C2=O)cc1. The number of nitrogens with zero attached hydrogens (tertiary/aromatic N) is 1. The molecule has 0 bridgehead atoms. The topological polar surface area (TPSA) is 95.6 Å². The van der Waals surface area contributed by atoms with Gasteiger partial charge in [0.2, 0.25) is 5.91 Å². The Bertz CT molecular complexity index is 1150. The molecule has 1 aliphatic heterocycles. The van der Waals surface area contributed by atoms with Crippen LogP contribution in [0.3, 0.4) is 0 Å². The molecule has 1 aliphatic rings. The van der Waals surface area contributed by atoms with Gasteiger partial charge in [-0.2, -0.15) is 0 Å². The number of carbonyl (C=O) groups is 4. The predicted molar refractivity (Wildman–Crippen MR) is 141 cm³/mol. The molecule has 0 unspecified atom stereocenters. The van der Waals surface area contributed by atoms with Crippen LogP contribution in [0.5, 0.6) is 0 Å². The third kappa shape index (κ3) is 6.90. The van der Waals surface area contributed by atoms with Gasteiger partial charge in [0.25, 0.3) is 17.1 Å². The molecule has 0 aromatic heterocycles. The highest BCUT2D eigenvalue weighted by molar-refractivity contribution is 8.18. The average molecular weight is 532 g/mol. The van der Waals surface area contributed by atoms with Crippen LogP contribution in [0.1, 0.15) is 29.8 Å². The molecular weight excluding hydrogens is 506 g/mol. The van der Waals surface area contributed by atoms with Gasteiger partial charge in [-0.25, -0.2) is 0 Å². The minimum absolute atomic E-state index is 0.0302. The number of nitrogens with one attached hydrogen (secondary N) is 2. The maximum atomic E-state index is 12.8. The van der Waals surface area contributed by atoms with Crippen LogP contribution >= 0.6 is 35.1 Å². The Hall–Kier alpha value is -2.75. The number of benzene rings is 2. The average Bonchev–Trinajstić information content (AvgIpc) is 3.10. The van der Waals surface area contributed by atoms with Crippen LogP contribution in [0.25, 0.3) is 6.08 Å². The van der Waals surface area contributed by atoms with E-state index in [1.807, 2.05) is 44.4 Å². The molecule has 0 aliphatic carbocycles. The van der Waals surface area contributed by atoms with Crippen LogP contribution in [0, 0.1) is 5.92 Å². The van der Waals surface area contributed by atoms with Crippen LogP contribution in [-0.2, 0) is 9.59 Å². The Balaban J connectivity index is 1.57. The van der Waals surface area contributed by atoms with E-state index in [0.29, 0.717) is 9.93 Å². The zero-order valence-electron chi connectivity index (χ0n) is 19.5. The fourth-order valence-corrected chi connectivity index (χ4v) is 4.84. The Labute approximate surface area is 218 Å². The number of imide groups is 1. The van der Waals surface area contributed by atoms with Gasteiger partial charge in [-0.15, -0.1) is 11.8 Å². The van der Waals surface area contributed by atoms with Gasteiger partial charge in [-0.3, -0.25) is 24.1 Å². The molecule has 4 amide bonds. The Morgan fingerprint density at radius 1 is 1.11 bits per heavy atom. The molecule has 0 radical (unpaired) electrons. The zero-order chi connectivity index (χ0) is 25.5. The summed E-state index contributed by atoms with van der Waals surface area (Å²) in [7, 11) is 0. The highest BCUT2D eigenvalue weighted by atomic mass is 35.5. The molecule has 0 saturated carbocycles. The lowest BCUT2D eigenvalue weighted by Gasteiger charge is -2.22. The smallest absolute Gasteiger partial charge is 0.293 e. The molecule has 1 saturated heterocycles. The van der Waals surface area contributed by atoms with Gasteiger partial charge in [0, 0.05) is 18.0 Å². The molecule has 35 heavy (non-hydrogen) atoms. The summed E-state index contributed by atoms with van der Waals surface area (Å²) in [6.45, 7) is 3.72. The molecule has 1 heterocycles. The van der Waals surface area contributed by atoms with Crippen molar-refractivity contribution in [1.82, 2.24) is 15.5 Å². The fourth-order valence-electron chi connectivity index (χ4n) is 3.34. The molecule has 0 spiro atoms. The van der Waals surface area contributed by atoms with Crippen LogP contribution in [-0.4, -0.2) is 53.2 Å². The third-order valence-corrected chi connectivity index (χ3v) is 7.26. The van der Waals surface area contributed by atoms with E-state index in [1.165, 1.54) is 0 Å². The van der Waals surface area contributed by atoms with E-state index in [2.05, 4.69) is 10.6 Å². The van der Waals surface area contributed by atoms with Gasteiger partial charge in [-0.1, -0.05) is 49.7 Å². The van der Waals surface area contributed by atoms with E-state index >= 15 is 0 Å². The standard InChI is InChI=1S/C25H26ClN3O4S2/c1-15(2)21(28-22(30)18-6-4-5-7-19(18)26)23(31)27-12-13-29-24(32)20(35-25(29)33)14-16-8-10-17(34-3)11-9-16/h4-11,14-15,21H,12-13H2,1-3H3,(H,27,31)(H,28,30)/b20-14+/t21-/m0/s1. The molecule has 184 valence electrons. The molecule has 2 aromatic rings. The van der Waals surface area contributed by atoms with Crippen molar-refractivity contribution in [1.29, 1.82) is 0 Å². The van der Waals surface area contributed by atoms with Crippen LogP contribution < -0.4 is 10.6 Å². The second kappa shape index (κ2) is 12.3. The molecule has 2 N–H and O–H groups in total. The van der Waals surface area contributed by atoms with Gasteiger partial charge in [-0.05, 0) is 59.8 Å². The van der Waals surface area contributed by atoms with Gasteiger partial charge < -0.3 is 10.6 Å². The predicted octanol–water partition coefficient (Wildman–Crippen LogP) is 4.67. The molecule has 1 atom stereocenters. The van der Waals surface area contributed by atoms with Crippen molar-refractivity contribution in [2.24, 2.45) is 5.92 Å². The molecule has 2 aromatic carbocycles. The number of thioether (sulfide) groups is 2. The lowest BCUT2D eigenvalue weighted by Crippen LogP contribution is -2.51. The van der Waals surface area contributed by atoms with Crippen LogP contribution in [0.15, 0.2) is 58.3 Å². The second-order valence-corrected chi connectivity index (χ2v) is 10.4. The van der Waals surface area contributed by atoms with Crippen LogP contribution in [0.2, 0.25) is 5.02 Å². The first-order valence-electron chi connectivity index (χ1n) is 10.9. The first-order chi connectivity index (χ1) is 16.7. The van der Waals surface area contributed by atoms with Crippen molar-refractivity contribution >= 4 is 64.2 Å². The third-order valence-electron chi connectivity index (χ3n) is 5.28. The van der Waals surface area contributed by atoms with Crippen molar-refractivity contribution < 1.29 is 19.2 Å². The largest absolute Gasteiger partial charge is 0.353 e. The lowest BCUT2D eigenvalue weighted by atomic mass is 10.0. The zero-order valence-corrected chi connectivity index (χ0v) is 21.9. The lowest BCUT2D eigenvalue weighted by molar-refractivity contribution is -0.125. The number of hydrogen-bond acceptors (Lipinski definition) is 6. The van der Waals surface area contributed by atoms with Gasteiger partial charge in [0.15, 0.2) is 0 Å². The summed E-state index contributed by atoms with van der Waals surface area (Å²) in [4.78, 5) is 53.0. The van der Waals surface area contributed by atoms with Crippen molar-refractivity contribution in [2.45, 2.75) is 24.8 Å². The summed E-state index contributed by atoms with van der Waals surface area (Å²) in [6.07, 6.45) is 3.67. The van der Waals surface area contributed by atoms with E-state index in [1.54, 1.807) is 42.1 Å². The number of hydrogen-bond donors (Lipinski definition) is 2. The quantitative estimate of drug-likeness (QED) is 0.360. The van der Waals surface area contributed by atoms with E-state index in [4.69, 9.17) is 11.6 Å². The number of amides is 4. The van der Waals surface area contributed by atoms with Gasteiger partial charge >= 0.3 is 0 Å². The highest BCUT2D eigenvalue weighted by Gasteiger charge is 2.35. The normalized spacial score (nSPS) is 15.6.